The molecule has 4 nitrogen and oxygen atoms in total. The average Bonchev–Trinajstić information content (AvgIpc) is 2.89. The van der Waals surface area contributed by atoms with Gasteiger partial charge in [0.05, 0.1) is 5.69 Å². The smallest absolute Gasteiger partial charge is 0.216 e. The molecule has 0 unspecified atom stereocenters. The van der Waals surface area contributed by atoms with E-state index in [1.165, 1.54) is 9.13 Å². The van der Waals surface area contributed by atoms with Gasteiger partial charge in [0, 0.05) is 27.6 Å². The van der Waals surface area contributed by atoms with Crippen molar-refractivity contribution in [1.82, 2.24) is 19.7 Å². The topological polar surface area (TPSA) is 43.6 Å². The highest BCUT2D eigenvalue weighted by Gasteiger charge is 2.06. The number of nitrogens with zero attached hydrogens (tertiary/aromatic N) is 4. The Kier molecular flexibility index (Phi) is 4.01. The van der Waals surface area contributed by atoms with E-state index in [2.05, 4.69) is 61.9 Å². The van der Waals surface area contributed by atoms with Crippen molar-refractivity contribution >= 4 is 22.6 Å². The summed E-state index contributed by atoms with van der Waals surface area (Å²) in [6.45, 7) is 3.93. The summed E-state index contributed by atoms with van der Waals surface area (Å²) in [7, 11) is 0. The molecule has 3 rings (SSSR count). The van der Waals surface area contributed by atoms with Gasteiger partial charge in [0.2, 0.25) is 0 Å². The van der Waals surface area contributed by atoms with Gasteiger partial charge < -0.3 is 0 Å². The quantitative estimate of drug-likeness (QED) is 0.644. The third-order valence-corrected chi connectivity index (χ3v) is 3.84. The van der Waals surface area contributed by atoms with Gasteiger partial charge in [-0.05, 0) is 66.3 Å². The maximum absolute atomic E-state index is 4.57. The van der Waals surface area contributed by atoms with Crippen molar-refractivity contribution in [2.75, 3.05) is 0 Å². The lowest BCUT2D eigenvalue weighted by atomic mass is 10.1. The number of benzene rings is 1. The number of hydrogen-bond donors (Lipinski definition) is 0. The second-order valence-corrected chi connectivity index (χ2v) is 6.25. The molecule has 5 heteroatoms. The lowest BCUT2D eigenvalue weighted by Gasteiger charge is -2.02. The van der Waals surface area contributed by atoms with Crippen molar-refractivity contribution in [3.8, 4) is 5.95 Å². The Balaban J connectivity index is 1.84. The molecule has 0 amide bonds. The van der Waals surface area contributed by atoms with Crippen molar-refractivity contribution in [2.45, 2.75) is 20.3 Å². The molecule has 0 atom stereocenters. The molecule has 0 aliphatic heterocycles. The first kappa shape index (κ1) is 14.2. The van der Waals surface area contributed by atoms with Gasteiger partial charge in [0.25, 0.3) is 5.95 Å². The van der Waals surface area contributed by atoms with Gasteiger partial charge in [-0.2, -0.15) is 5.10 Å². The Morgan fingerprint density at radius 2 is 1.67 bits per heavy atom. The number of aromatic nitrogens is 4. The maximum Gasteiger partial charge on any atom is 0.250 e. The van der Waals surface area contributed by atoms with Crippen molar-refractivity contribution in [2.24, 2.45) is 0 Å². The van der Waals surface area contributed by atoms with Crippen LogP contribution in [0.15, 0.2) is 42.6 Å². The van der Waals surface area contributed by atoms with Crippen LogP contribution in [0.5, 0.6) is 0 Å². The third-order valence-electron chi connectivity index (χ3n) is 3.12. The maximum atomic E-state index is 4.57. The van der Waals surface area contributed by atoms with Gasteiger partial charge in [-0.3, -0.25) is 0 Å². The Hall–Kier alpha value is -1.76. The Labute approximate surface area is 137 Å². The second-order valence-electron chi connectivity index (χ2n) is 5.01. The molecule has 2 aromatic heterocycles. The number of halogens is 1. The van der Waals surface area contributed by atoms with E-state index in [9.17, 15) is 0 Å². The summed E-state index contributed by atoms with van der Waals surface area (Å²) in [5.41, 5.74) is 4.17. The second kappa shape index (κ2) is 5.93. The van der Waals surface area contributed by atoms with Gasteiger partial charge in [-0.25, -0.2) is 14.6 Å². The van der Waals surface area contributed by atoms with Crippen LogP contribution in [0.25, 0.3) is 5.95 Å². The van der Waals surface area contributed by atoms with Gasteiger partial charge in [-0.1, -0.05) is 12.1 Å². The molecule has 0 N–H and O–H groups in total. The summed E-state index contributed by atoms with van der Waals surface area (Å²) in [5, 5.41) is 4.57. The lowest BCUT2D eigenvalue weighted by molar-refractivity contribution is 0.777. The van der Waals surface area contributed by atoms with Gasteiger partial charge in [-0.15, -0.1) is 0 Å². The predicted octanol–water partition coefficient (Wildman–Crippen LogP) is 3.47. The van der Waals surface area contributed by atoms with Gasteiger partial charge in [0.1, 0.15) is 0 Å². The zero-order valence-electron chi connectivity index (χ0n) is 11.9. The minimum Gasteiger partial charge on any atom is -0.216 e. The monoisotopic (exact) mass is 390 g/mol. The zero-order valence-corrected chi connectivity index (χ0v) is 14.1. The average molecular weight is 390 g/mol. The zero-order chi connectivity index (χ0) is 14.8. The SMILES string of the molecule is Cc1cc(C)nc(-n2ccc(Cc3ccc(I)cc3)n2)n1. The van der Waals surface area contributed by atoms with E-state index in [1.54, 1.807) is 4.68 Å². The normalized spacial score (nSPS) is 10.8. The standard InChI is InChI=1S/C16H15IN4/c1-11-9-12(2)19-16(18-11)21-8-7-15(20-21)10-13-3-5-14(17)6-4-13/h3-9H,10H2,1-2H3. The summed E-state index contributed by atoms with van der Waals surface area (Å²) in [6, 6.07) is 12.5. The Morgan fingerprint density at radius 1 is 1.00 bits per heavy atom. The minimum atomic E-state index is 0.626. The Morgan fingerprint density at radius 3 is 2.33 bits per heavy atom. The van der Waals surface area contributed by atoms with E-state index in [1.807, 2.05) is 32.2 Å². The molecule has 0 radical (unpaired) electrons. The van der Waals surface area contributed by atoms with Crippen LogP contribution in [-0.4, -0.2) is 19.7 Å². The van der Waals surface area contributed by atoms with Crippen molar-refractivity contribution in [3.05, 3.63) is 68.8 Å². The fourth-order valence-electron chi connectivity index (χ4n) is 2.19. The van der Waals surface area contributed by atoms with Crippen LogP contribution < -0.4 is 0 Å². The molecule has 21 heavy (non-hydrogen) atoms. The highest BCUT2D eigenvalue weighted by molar-refractivity contribution is 14.1. The van der Waals surface area contributed by atoms with Crippen molar-refractivity contribution in [3.63, 3.8) is 0 Å². The van der Waals surface area contributed by atoms with Crippen LogP contribution >= 0.6 is 22.6 Å². The van der Waals surface area contributed by atoms with E-state index in [4.69, 9.17) is 0 Å². The summed E-state index contributed by atoms with van der Waals surface area (Å²) >= 11 is 2.31. The van der Waals surface area contributed by atoms with E-state index in [0.29, 0.717) is 5.95 Å². The molecule has 1 aromatic carbocycles. The van der Waals surface area contributed by atoms with Crippen LogP contribution in [0.1, 0.15) is 22.6 Å². The Bertz CT molecular complexity index is 742. The van der Waals surface area contributed by atoms with Crippen LogP contribution in [0.3, 0.4) is 0 Å². The molecule has 106 valence electrons. The minimum absolute atomic E-state index is 0.626. The van der Waals surface area contributed by atoms with E-state index >= 15 is 0 Å². The fourth-order valence-corrected chi connectivity index (χ4v) is 2.55. The largest absolute Gasteiger partial charge is 0.250 e. The lowest BCUT2D eigenvalue weighted by Crippen LogP contribution is -2.05. The predicted molar refractivity (Wildman–Crippen MR) is 90.6 cm³/mol. The number of aryl methyl sites for hydroxylation is 2. The summed E-state index contributed by atoms with van der Waals surface area (Å²) in [5.74, 6) is 0.626. The van der Waals surface area contributed by atoms with E-state index < -0.39 is 0 Å². The summed E-state index contributed by atoms with van der Waals surface area (Å²) < 4.78 is 2.98. The van der Waals surface area contributed by atoms with Crippen molar-refractivity contribution < 1.29 is 0 Å². The number of rotatable bonds is 3. The summed E-state index contributed by atoms with van der Waals surface area (Å²) in [4.78, 5) is 8.85. The first-order valence-corrected chi connectivity index (χ1v) is 7.80. The molecule has 0 saturated heterocycles. The molecule has 3 aromatic rings. The van der Waals surface area contributed by atoms with Crippen molar-refractivity contribution in [1.29, 1.82) is 0 Å². The van der Waals surface area contributed by atoms with Crippen LogP contribution in [0.2, 0.25) is 0 Å². The molecule has 0 spiro atoms. The fraction of sp³-hybridized carbons (Fsp3) is 0.188. The molecule has 0 fully saturated rings. The molecular weight excluding hydrogens is 375 g/mol. The van der Waals surface area contributed by atoms with Gasteiger partial charge >= 0.3 is 0 Å². The molecule has 2 heterocycles. The number of hydrogen-bond acceptors (Lipinski definition) is 3. The van der Waals surface area contributed by atoms with E-state index in [-0.39, 0.29) is 0 Å². The molecule has 0 bridgehead atoms. The first-order valence-electron chi connectivity index (χ1n) is 6.72. The molecule has 0 saturated carbocycles. The third kappa shape index (κ3) is 3.47. The first-order chi connectivity index (χ1) is 10.1. The summed E-state index contributed by atoms with van der Waals surface area (Å²) in [6.07, 6.45) is 2.73. The van der Waals surface area contributed by atoms with Crippen LogP contribution in [-0.2, 0) is 6.42 Å². The molecule has 0 aliphatic rings. The van der Waals surface area contributed by atoms with E-state index in [0.717, 1.165) is 23.5 Å². The highest BCUT2D eigenvalue weighted by atomic mass is 127. The molecule has 0 aliphatic carbocycles. The van der Waals surface area contributed by atoms with Crippen LogP contribution in [0, 0.1) is 17.4 Å². The molecular formula is C16H15IN4. The highest BCUT2D eigenvalue weighted by Crippen LogP contribution is 2.12. The van der Waals surface area contributed by atoms with Gasteiger partial charge in [0.15, 0.2) is 0 Å². The van der Waals surface area contributed by atoms with Crippen LogP contribution in [0.4, 0.5) is 0 Å².